The second-order valence-electron chi connectivity index (χ2n) is 6.06. The van der Waals surface area contributed by atoms with Crippen molar-refractivity contribution in [1.29, 1.82) is 0 Å². The number of hydrogen-bond acceptors (Lipinski definition) is 5. The van der Waals surface area contributed by atoms with E-state index in [1.807, 2.05) is 59.1 Å². The van der Waals surface area contributed by atoms with Crippen molar-refractivity contribution in [2.75, 3.05) is 14.2 Å². The standard InChI is InChI=1S/C21H19N3O3/c1-26-19-8-6-15(11-20(19)27-2)17-7-9-21-22-12-18(24(21)23-17)16-5-3-4-14(10-16)13-25/h3-12,25H,13H2,1-2H3. The van der Waals surface area contributed by atoms with E-state index < -0.39 is 0 Å². The van der Waals surface area contributed by atoms with Crippen molar-refractivity contribution < 1.29 is 14.6 Å². The minimum Gasteiger partial charge on any atom is -0.493 e. The molecule has 0 aliphatic rings. The fourth-order valence-corrected chi connectivity index (χ4v) is 3.05. The van der Waals surface area contributed by atoms with Gasteiger partial charge in [0, 0.05) is 11.1 Å². The van der Waals surface area contributed by atoms with E-state index in [4.69, 9.17) is 14.6 Å². The number of ether oxygens (including phenoxy) is 2. The van der Waals surface area contributed by atoms with Crippen molar-refractivity contribution in [3.05, 3.63) is 66.4 Å². The van der Waals surface area contributed by atoms with Gasteiger partial charge in [-0.2, -0.15) is 5.10 Å². The maximum absolute atomic E-state index is 9.40. The Hall–Kier alpha value is -3.38. The molecule has 27 heavy (non-hydrogen) atoms. The van der Waals surface area contributed by atoms with Gasteiger partial charge in [0.15, 0.2) is 17.1 Å². The second-order valence-corrected chi connectivity index (χ2v) is 6.06. The first-order chi connectivity index (χ1) is 13.2. The monoisotopic (exact) mass is 361 g/mol. The van der Waals surface area contributed by atoms with Gasteiger partial charge < -0.3 is 14.6 Å². The lowest BCUT2D eigenvalue weighted by Gasteiger charge is -2.10. The van der Waals surface area contributed by atoms with Gasteiger partial charge in [0.2, 0.25) is 0 Å². The lowest BCUT2D eigenvalue weighted by Crippen LogP contribution is -1.98. The Morgan fingerprint density at radius 1 is 0.926 bits per heavy atom. The summed E-state index contributed by atoms with van der Waals surface area (Å²) in [6, 6.07) is 17.3. The van der Waals surface area contributed by atoms with Crippen LogP contribution in [0.3, 0.4) is 0 Å². The predicted molar refractivity (Wildman–Crippen MR) is 103 cm³/mol. The lowest BCUT2D eigenvalue weighted by molar-refractivity contribution is 0.282. The molecule has 1 N–H and O–H groups in total. The average Bonchev–Trinajstić information content (AvgIpc) is 3.16. The van der Waals surface area contributed by atoms with Gasteiger partial charge in [0.05, 0.1) is 38.4 Å². The molecule has 0 spiro atoms. The van der Waals surface area contributed by atoms with Crippen LogP contribution in [0.25, 0.3) is 28.2 Å². The van der Waals surface area contributed by atoms with E-state index in [2.05, 4.69) is 4.98 Å². The number of imidazole rings is 1. The Balaban J connectivity index is 1.82. The molecular weight excluding hydrogens is 342 g/mol. The normalized spacial score (nSPS) is 10.9. The van der Waals surface area contributed by atoms with Crippen LogP contribution in [0, 0.1) is 0 Å². The first kappa shape index (κ1) is 17.1. The van der Waals surface area contributed by atoms with E-state index in [-0.39, 0.29) is 6.61 Å². The molecule has 6 nitrogen and oxygen atoms in total. The molecule has 0 aliphatic heterocycles. The van der Waals surface area contributed by atoms with Crippen molar-refractivity contribution in [2.45, 2.75) is 6.61 Å². The number of benzene rings is 2. The topological polar surface area (TPSA) is 68.9 Å². The average molecular weight is 361 g/mol. The Morgan fingerprint density at radius 2 is 1.78 bits per heavy atom. The molecule has 0 aliphatic carbocycles. The molecule has 0 unspecified atom stereocenters. The van der Waals surface area contributed by atoms with Crippen LogP contribution in [0.2, 0.25) is 0 Å². The third kappa shape index (κ3) is 3.11. The minimum absolute atomic E-state index is 0.00506. The molecule has 0 saturated carbocycles. The van der Waals surface area contributed by atoms with Gasteiger partial charge in [-0.15, -0.1) is 0 Å². The van der Waals surface area contributed by atoms with Crippen LogP contribution in [-0.2, 0) is 6.61 Å². The molecule has 2 heterocycles. The van der Waals surface area contributed by atoms with E-state index in [1.165, 1.54) is 0 Å². The molecule has 0 amide bonds. The van der Waals surface area contributed by atoms with Gasteiger partial charge >= 0.3 is 0 Å². The minimum atomic E-state index is -0.00506. The summed E-state index contributed by atoms with van der Waals surface area (Å²) in [5, 5.41) is 14.2. The molecule has 0 atom stereocenters. The number of aliphatic hydroxyl groups is 1. The van der Waals surface area contributed by atoms with Crippen molar-refractivity contribution in [3.8, 4) is 34.0 Å². The van der Waals surface area contributed by atoms with Gasteiger partial charge in [0.25, 0.3) is 0 Å². The summed E-state index contributed by atoms with van der Waals surface area (Å²) in [6.45, 7) is -0.00506. The van der Waals surface area contributed by atoms with Crippen molar-refractivity contribution in [1.82, 2.24) is 14.6 Å². The van der Waals surface area contributed by atoms with Gasteiger partial charge in [-0.1, -0.05) is 18.2 Å². The Bertz CT molecular complexity index is 1100. The number of aromatic nitrogens is 3. The van der Waals surface area contributed by atoms with E-state index in [1.54, 1.807) is 20.4 Å². The number of fused-ring (bicyclic) bond motifs is 1. The van der Waals surface area contributed by atoms with E-state index >= 15 is 0 Å². The molecule has 0 fully saturated rings. The second kappa shape index (κ2) is 7.09. The van der Waals surface area contributed by atoms with E-state index in [0.717, 1.165) is 33.7 Å². The highest BCUT2D eigenvalue weighted by Crippen LogP contribution is 2.32. The molecule has 0 saturated heterocycles. The quantitative estimate of drug-likeness (QED) is 0.588. The zero-order valence-electron chi connectivity index (χ0n) is 15.1. The SMILES string of the molecule is COc1ccc(-c2ccc3ncc(-c4cccc(CO)c4)n3n2)cc1OC. The van der Waals surface area contributed by atoms with Crippen LogP contribution >= 0.6 is 0 Å². The number of hydrogen-bond donors (Lipinski definition) is 1. The summed E-state index contributed by atoms with van der Waals surface area (Å²) in [6.07, 6.45) is 1.79. The Labute approximate surface area is 156 Å². The summed E-state index contributed by atoms with van der Waals surface area (Å²) < 4.78 is 12.5. The van der Waals surface area contributed by atoms with Gasteiger partial charge in [-0.3, -0.25) is 0 Å². The molecular formula is C21H19N3O3. The fourth-order valence-electron chi connectivity index (χ4n) is 3.05. The van der Waals surface area contributed by atoms with Crippen molar-refractivity contribution in [3.63, 3.8) is 0 Å². The number of methoxy groups -OCH3 is 2. The third-order valence-corrected chi connectivity index (χ3v) is 4.45. The fraction of sp³-hybridized carbons (Fsp3) is 0.143. The summed E-state index contributed by atoms with van der Waals surface area (Å²) >= 11 is 0. The molecule has 4 aromatic rings. The van der Waals surface area contributed by atoms with Crippen LogP contribution in [0.1, 0.15) is 5.56 Å². The summed E-state index contributed by atoms with van der Waals surface area (Å²) in [7, 11) is 3.22. The molecule has 4 rings (SSSR count). The molecule has 6 heteroatoms. The zero-order valence-corrected chi connectivity index (χ0v) is 15.1. The molecule has 2 aromatic carbocycles. The maximum Gasteiger partial charge on any atom is 0.161 e. The van der Waals surface area contributed by atoms with Crippen LogP contribution in [0.15, 0.2) is 60.8 Å². The number of rotatable bonds is 5. The molecule has 0 radical (unpaired) electrons. The third-order valence-electron chi connectivity index (χ3n) is 4.45. The van der Waals surface area contributed by atoms with Crippen LogP contribution in [-0.4, -0.2) is 33.9 Å². The molecule has 136 valence electrons. The predicted octanol–water partition coefficient (Wildman–Crippen LogP) is 3.57. The zero-order chi connectivity index (χ0) is 18.8. The molecule has 0 bridgehead atoms. The van der Waals surface area contributed by atoms with E-state index in [9.17, 15) is 5.11 Å². The van der Waals surface area contributed by atoms with Crippen LogP contribution in [0.4, 0.5) is 0 Å². The van der Waals surface area contributed by atoms with Gasteiger partial charge in [-0.25, -0.2) is 9.50 Å². The molecule has 2 aromatic heterocycles. The highest BCUT2D eigenvalue weighted by Gasteiger charge is 2.11. The first-order valence-corrected chi connectivity index (χ1v) is 8.51. The van der Waals surface area contributed by atoms with Crippen LogP contribution in [0.5, 0.6) is 11.5 Å². The smallest absolute Gasteiger partial charge is 0.161 e. The highest BCUT2D eigenvalue weighted by molar-refractivity contribution is 5.68. The Kier molecular flexibility index (Phi) is 4.48. The number of aliphatic hydroxyl groups excluding tert-OH is 1. The van der Waals surface area contributed by atoms with Crippen molar-refractivity contribution in [2.24, 2.45) is 0 Å². The van der Waals surface area contributed by atoms with Gasteiger partial charge in [-0.05, 0) is 42.0 Å². The highest BCUT2D eigenvalue weighted by atomic mass is 16.5. The van der Waals surface area contributed by atoms with Gasteiger partial charge in [0.1, 0.15) is 0 Å². The Morgan fingerprint density at radius 3 is 2.56 bits per heavy atom. The summed E-state index contributed by atoms with van der Waals surface area (Å²) in [5.41, 5.74) is 5.12. The maximum atomic E-state index is 9.40. The summed E-state index contributed by atoms with van der Waals surface area (Å²) in [5.74, 6) is 1.32. The lowest BCUT2D eigenvalue weighted by atomic mass is 10.1. The summed E-state index contributed by atoms with van der Waals surface area (Å²) in [4.78, 5) is 4.44. The van der Waals surface area contributed by atoms with E-state index in [0.29, 0.717) is 11.5 Å². The van der Waals surface area contributed by atoms with Crippen LogP contribution < -0.4 is 9.47 Å². The number of nitrogens with zero attached hydrogens (tertiary/aromatic N) is 3. The largest absolute Gasteiger partial charge is 0.493 e. The first-order valence-electron chi connectivity index (χ1n) is 8.51. The van der Waals surface area contributed by atoms with Crippen molar-refractivity contribution >= 4 is 5.65 Å².